The first-order chi connectivity index (χ1) is 11.7. The number of carbonyl (C=O) groups is 1. The second-order valence-electron chi connectivity index (χ2n) is 7.28. The Morgan fingerprint density at radius 3 is 2.88 bits per heavy atom. The molecule has 3 aliphatic rings. The van der Waals surface area contributed by atoms with E-state index in [0.717, 1.165) is 25.0 Å². The van der Waals surface area contributed by atoms with Crippen molar-refractivity contribution in [2.75, 3.05) is 20.2 Å². The molecule has 2 heterocycles. The molecule has 1 aromatic carbocycles. The van der Waals surface area contributed by atoms with E-state index in [1.807, 2.05) is 11.8 Å². The van der Waals surface area contributed by atoms with Gasteiger partial charge in [0.1, 0.15) is 0 Å². The van der Waals surface area contributed by atoms with Gasteiger partial charge >= 0.3 is 5.97 Å². The minimum absolute atomic E-state index is 0.105. The lowest BCUT2D eigenvalue weighted by Crippen LogP contribution is -2.46. The number of hydrogen-bond donors (Lipinski definition) is 0. The largest absolute Gasteiger partial charge is 0.466 e. The van der Waals surface area contributed by atoms with Crippen LogP contribution in [0.4, 0.5) is 0 Å². The van der Waals surface area contributed by atoms with Crippen LogP contribution in [0.3, 0.4) is 0 Å². The molecule has 1 aromatic rings. The molecule has 0 radical (unpaired) electrons. The third-order valence-corrected chi connectivity index (χ3v) is 7.56. The molecule has 24 heavy (non-hydrogen) atoms. The highest BCUT2D eigenvalue weighted by atomic mass is 32.2. The second kappa shape index (κ2) is 6.23. The number of benzene rings is 1. The summed E-state index contributed by atoms with van der Waals surface area (Å²) in [5.74, 6) is 1.00. The Morgan fingerprint density at radius 2 is 2.17 bits per heavy atom. The molecule has 0 bridgehead atoms. The van der Waals surface area contributed by atoms with Gasteiger partial charge in [0.25, 0.3) is 0 Å². The summed E-state index contributed by atoms with van der Waals surface area (Å²) in [7, 11) is 1.50. The number of rotatable bonds is 4. The van der Waals surface area contributed by atoms with Crippen molar-refractivity contribution >= 4 is 17.7 Å². The third kappa shape index (κ3) is 2.51. The van der Waals surface area contributed by atoms with Crippen LogP contribution in [-0.4, -0.2) is 41.9 Å². The molecule has 1 unspecified atom stereocenters. The van der Waals surface area contributed by atoms with Gasteiger partial charge in [-0.3, -0.25) is 4.90 Å². The molecular weight excluding hydrogens is 318 g/mol. The fourth-order valence-electron chi connectivity index (χ4n) is 5.01. The van der Waals surface area contributed by atoms with Crippen LogP contribution in [0.15, 0.2) is 46.9 Å². The first-order valence-electron chi connectivity index (χ1n) is 8.94. The predicted molar refractivity (Wildman–Crippen MR) is 97.0 cm³/mol. The van der Waals surface area contributed by atoms with Crippen LogP contribution in [0, 0.1) is 11.8 Å². The summed E-state index contributed by atoms with van der Waals surface area (Å²) in [5, 5.41) is 0. The Labute approximate surface area is 148 Å². The number of carbonyl (C=O) groups excluding carboxylic acids is 1. The van der Waals surface area contributed by atoms with Gasteiger partial charge in [0.15, 0.2) is 0 Å². The van der Waals surface area contributed by atoms with Crippen LogP contribution in [0.25, 0.3) is 0 Å². The number of thioether (sulfide) groups is 1. The summed E-state index contributed by atoms with van der Waals surface area (Å²) in [5.41, 5.74) is 0.893. The third-order valence-electron chi connectivity index (χ3n) is 6.05. The lowest BCUT2D eigenvalue weighted by molar-refractivity contribution is -0.136. The van der Waals surface area contributed by atoms with Gasteiger partial charge in [0.2, 0.25) is 0 Å². The van der Waals surface area contributed by atoms with E-state index in [2.05, 4.69) is 48.2 Å². The van der Waals surface area contributed by atoms with E-state index in [0.29, 0.717) is 17.9 Å². The standard InChI is InChI=1S/C20H25NO2S/c1-3-14-13-21-10-9-20(24-16-7-5-4-6-8-16)12-15(19(22)23-2)11-17(14)18(20)21/h4-8,11,14,17-18H,3,9-10,12-13H2,1-2H3/t14?,17-,18+,20+/m0/s1. The van der Waals surface area contributed by atoms with E-state index < -0.39 is 0 Å². The van der Waals surface area contributed by atoms with Crippen LogP contribution < -0.4 is 0 Å². The molecule has 4 rings (SSSR count). The monoisotopic (exact) mass is 343 g/mol. The Bertz CT molecular complexity index is 659. The van der Waals surface area contributed by atoms with E-state index >= 15 is 0 Å². The SMILES string of the molecule is CCC1CN2CC[C@@]3(Sc4ccccc4)CC(C(=O)OC)=C[C@@H]1[C@@H]23. The summed E-state index contributed by atoms with van der Waals surface area (Å²) in [4.78, 5) is 16.3. The van der Waals surface area contributed by atoms with Gasteiger partial charge in [-0.25, -0.2) is 4.79 Å². The molecule has 0 amide bonds. The van der Waals surface area contributed by atoms with Crippen molar-refractivity contribution in [2.24, 2.45) is 11.8 Å². The topological polar surface area (TPSA) is 29.5 Å². The van der Waals surface area contributed by atoms with Crippen molar-refractivity contribution in [3.63, 3.8) is 0 Å². The van der Waals surface area contributed by atoms with Gasteiger partial charge in [-0.15, -0.1) is 11.8 Å². The van der Waals surface area contributed by atoms with Crippen molar-refractivity contribution in [3.05, 3.63) is 42.0 Å². The fourth-order valence-corrected chi connectivity index (χ4v) is 6.62. The Hall–Kier alpha value is -1.26. The average Bonchev–Trinajstić information content (AvgIpc) is 3.16. The van der Waals surface area contributed by atoms with Gasteiger partial charge in [-0.2, -0.15) is 0 Å². The first kappa shape index (κ1) is 16.2. The molecule has 0 spiro atoms. The first-order valence-corrected chi connectivity index (χ1v) is 9.75. The van der Waals surface area contributed by atoms with Gasteiger partial charge in [0, 0.05) is 27.8 Å². The van der Waals surface area contributed by atoms with Crippen molar-refractivity contribution in [3.8, 4) is 0 Å². The summed E-state index contributed by atoms with van der Waals surface area (Å²) >= 11 is 1.98. The van der Waals surface area contributed by atoms with Crippen molar-refractivity contribution in [1.82, 2.24) is 4.90 Å². The maximum absolute atomic E-state index is 12.3. The number of ether oxygens (including phenoxy) is 1. The Kier molecular flexibility index (Phi) is 4.21. The molecule has 2 saturated heterocycles. The highest BCUT2D eigenvalue weighted by Crippen LogP contribution is 2.57. The zero-order chi connectivity index (χ0) is 16.7. The smallest absolute Gasteiger partial charge is 0.333 e. The molecule has 2 aliphatic heterocycles. The van der Waals surface area contributed by atoms with Crippen molar-refractivity contribution in [1.29, 1.82) is 0 Å². The van der Waals surface area contributed by atoms with Crippen LogP contribution >= 0.6 is 11.8 Å². The van der Waals surface area contributed by atoms with E-state index in [9.17, 15) is 4.79 Å². The molecule has 0 N–H and O–H groups in total. The highest BCUT2D eigenvalue weighted by molar-refractivity contribution is 8.00. The van der Waals surface area contributed by atoms with Crippen molar-refractivity contribution in [2.45, 2.75) is 41.9 Å². The van der Waals surface area contributed by atoms with Crippen LogP contribution in [0.1, 0.15) is 26.2 Å². The minimum atomic E-state index is -0.137. The zero-order valence-electron chi connectivity index (χ0n) is 14.4. The molecule has 3 nitrogen and oxygen atoms in total. The summed E-state index contributed by atoms with van der Waals surface area (Å²) < 4.78 is 5.18. The molecular formula is C20H25NO2S. The lowest BCUT2D eigenvalue weighted by atomic mass is 9.74. The number of methoxy groups -OCH3 is 1. The summed E-state index contributed by atoms with van der Waals surface area (Å²) in [6, 6.07) is 11.2. The van der Waals surface area contributed by atoms with Crippen LogP contribution in [-0.2, 0) is 9.53 Å². The Morgan fingerprint density at radius 1 is 1.38 bits per heavy atom. The Balaban J connectivity index is 1.73. The van der Waals surface area contributed by atoms with Crippen LogP contribution in [0.5, 0.6) is 0 Å². The molecule has 1 aliphatic carbocycles. The van der Waals surface area contributed by atoms with Gasteiger partial charge in [-0.1, -0.05) is 37.6 Å². The second-order valence-corrected chi connectivity index (χ2v) is 8.76. The van der Waals surface area contributed by atoms with E-state index in [-0.39, 0.29) is 10.7 Å². The van der Waals surface area contributed by atoms with E-state index in [1.54, 1.807) is 0 Å². The molecule has 128 valence electrons. The number of hydrogen-bond acceptors (Lipinski definition) is 4. The molecule has 4 atom stereocenters. The average molecular weight is 343 g/mol. The summed E-state index contributed by atoms with van der Waals surface area (Å²) in [6.07, 6.45) is 5.40. The normalized spacial score (nSPS) is 34.8. The predicted octanol–water partition coefficient (Wildman–Crippen LogP) is 3.75. The summed E-state index contributed by atoms with van der Waals surface area (Å²) in [6.45, 7) is 4.60. The quantitative estimate of drug-likeness (QED) is 0.779. The van der Waals surface area contributed by atoms with Gasteiger partial charge in [-0.05, 0) is 43.4 Å². The molecule has 0 aromatic heterocycles. The molecule has 2 fully saturated rings. The fraction of sp³-hybridized carbons (Fsp3) is 0.550. The zero-order valence-corrected chi connectivity index (χ0v) is 15.2. The van der Waals surface area contributed by atoms with Gasteiger partial charge in [0.05, 0.1) is 7.11 Å². The maximum atomic E-state index is 12.3. The minimum Gasteiger partial charge on any atom is -0.466 e. The number of esters is 1. The highest BCUT2D eigenvalue weighted by Gasteiger charge is 2.58. The van der Waals surface area contributed by atoms with Gasteiger partial charge < -0.3 is 4.74 Å². The van der Waals surface area contributed by atoms with Crippen molar-refractivity contribution < 1.29 is 9.53 Å². The van der Waals surface area contributed by atoms with E-state index in [4.69, 9.17) is 4.74 Å². The molecule has 0 saturated carbocycles. The maximum Gasteiger partial charge on any atom is 0.333 e. The van der Waals surface area contributed by atoms with Crippen LogP contribution in [0.2, 0.25) is 0 Å². The van der Waals surface area contributed by atoms with E-state index in [1.165, 1.54) is 25.0 Å². The number of nitrogens with zero attached hydrogens (tertiary/aromatic N) is 1. The lowest BCUT2D eigenvalue weighted by Gasteiger charge is -2.42. The molecule has 4 heteroatoms.